The molecule has 0 radical (unpaired) electrons. The quantitative estimate of drug-likeness (QED) is 0.540. The van der Waals surface area contributed by atoms with E-state index in [0.717, 1.165) is 0 Å². The molecule has 0 saturated carbocycles. The molecule has 0 unspecified atom stereocenters. The third-order valence-corrected chi connectivity index (χ3v) is 7.38. The van der Waals surface area contributed by atoms with Crippen LogP contribution in [0.3, 0.4) is 0 Å². The molecule has 1 heterocycles. The maximum atomic E-state index is 13.5. The van der Waals surface area contributed by atoms with Crippen molar-refractivity contribution in [2.75, 3.05) is 4.90 Å². The van der Waals surface area contributed by atoms with Crippen molar-refractivity contribution in [1.82, 2.24) is 0 Å². The monoisotopic (exact) mass is 467 g/mol. The fourth-order valence-corrected chi connectivity index (χ4v) is 5.43. The van der Waals surface area contributed by atoms with Gasteiger partial charge in [-0.05, 0) is 61.0 Å². The molecule has 0 saturated heterocycles. The molecule has 0 aliphatic carbocycles. The van der Waals surface area contributed by atoms with Crippen LogP contribution in [0, 0.1) is 0 Å². The molecule has 0 aromatic heterocycles. The van der Waals surface area contributed by atoms with Crippen LogP contribution >= 0.6 is 11.6 Å². The van der Waals surface area contributed by atoms with E-state index < -0.39 is 32.5 Å². The number of carbonyl (C=O) groups excluding carboxylic acids is 2. The maximum Gasteiger partial charge on any atom is 0.295 e. The summed E-state index contributed by atoms with van der Waals surface area (Å²) in [4.78, 5) is 25.5. The first-order valence-electron chi connectivity index (χ1n) is 9.65. The van der Waals surface area contributed by atoms with Crippen molar-refractivity contribution < 1.29 is 23.1 Å². The minimum absolute atomic E-state index is 0.0397. The lowest BCUT2D eigenvalue weighted by molar-refractivity contribution is -0.117. The highest BCUT2D eigenvalue weighted by Gasteiger charge is 2.47. The number of sulfone groups is 1. The maximum absolute atomic E-state index is 13.5. The van der Waals surface area contributed by atoms with Crippen molar-refractivity contribution in [3.63, 3.8) is 0 Å². The zero-order valence-electron chi connectivity index (χ0n) is 16.9. The topological polar surface area (TPSA) is 91.8 Å². The molecule has 1 aliphatic rings. The van der Waals surface area contributed by atoms with E-state index in [-0.39, 0.29) is 10.7 Å². The van der Waals surface area contributed by atoms with Crippen LogP contribution in [0.5, 0.6) is 0 Å². The van der Waals surface area contributed by atoms with E-state index in [4.69, 9.17) is 11.6 Å². The third-order valence-electron chi connectivity index (χ3n) is 5.24. The number of aliphatic hydroxyl groups is 1. The number of benzene rings is 3. The van der Waals surface area contributed by atoms with Crippen LogP contribution < -0.4 is 4.90 Å². The summed E-state index contributed by atoms with van der Waals surface area (Å²) < 4.78 is 27.0. The van der Waals surface area contributed by atoms with Gasteiger partial charge >= 0.3 is 0 Å². The predicted molar refractivity (Wildman–Crippen MR) is 121 cm³/mol. The molecule has 3 aromatic rings. The number of hydrogen-bond acceptors (Lipinski definition) is 5. The number of nitrogens with zero attached hydrogens (tertiary/aromatic N) is 1. The second-order valence-electron chi connectivity index (χ2n) is 7.26. The number of Topliss-reactive ketones (excluding diaryl/α,β-unsaturated/α-hetero) is 1. The highest BCUT2D eigenvalue weighted by Crippen LogP contribution is 2.44. The van der Waals surface area contributed by atoms with Gasteiger partial charge < -0.3 is 5.11 Å². The number of halogens is 1. The zero-order valence-corrected chi connectivity index (χ0v) is 18.5. The highest BCUT2D eigenvalue weighted by atomic mass is 35.5. The molecule has 8 heteroatoms. The Morgan fingerprint density at radius 2 is 1.53 bits per heavy atom. The lowest BCUT2D eigenvalue weighted by atomic mass is 10.1. The molecule has 162 valence electrons. The smallest absolute Gasteiger partial charge is 0.295 e. The summed E-state index contributed by atoms with van der Waals surface area (Å²) in [6, 6.07) is 19.1. The van der Waals surface area contributed by atoms with Gasteiger partial charge in [0, 0.05) is 16.3 Å². The Hall–Kier alpha value is -3.42. The molecular formula is C24H18ClNO5S. The van der Waals surface area contributed by atoms with Crippen molar-refractivity contribution in [3.8, 4) is 0 Å². The molecule has 1 atom stereocenters. The number of carbonyl (C=O) groups is 2. The van der Waals surface area contributed by atoms with E-state index in [1.807, 2.05) is 0 Å². The van der Waals surface area contributed by atoms with Crippen LogP contribution in [0.2, 0.25) is 5.02 Å². The van der Waals surface area contributed by atoms with Crippen molar-refractivity contribution in [2.24, 2.45) is 0 Å². The van der Waals surface area contributed by atoms with E-state index in [1.54, 1.807) is 66.7 Å². The summed E-state index contributed by atoms with van der Waals surface area (Å²) in [7, 11) is -4.21. The molecule has 0 bridgehead atoms. The fourth-order valence-electron chi connectivity index (χ4n) is 3.65. The van der Waals surface area contributed by atoms with Crippen molar-refractivity contribution in [1.29, 1.82) is 0 Å². The summed E-state index contributed by atoms with van der Waals surface area (Å²) in [5.41, 5.74) is 1.24. The van der Waals surface area contributed by atoms with E-state index in [9.17, 15) is 23.1 Å². The van der Waals surface area contributed by atoms with E-state index in [0.29, 0.717) is 21.8 Å². The summed E-state index contributed by atoms with van der Waals surface area (Å²) in [6.07, 6.45) is 0. The number of aliphatic hydroxyl groups excluding tert-OH is 1. The first kappa shape index (κ1) is 21.8. The van der Waals surface area contributed by atoms with Gasteiger partial charge in [-0.3, -0.25) is 14.5 Å². The van der Waals surface area contributed by atoms with Gasteiger partial charge in [0.25, 0.3) is 5.91 Å². The number of ketones is 1. The van der Waals surface area contributed by atoms with E-state index in [2.05, 4.69) is 0 Å². The van der Waals surface area contributed by atoms with Crippen LogP contribution in [0.4, 0.5) is 5.69 Å². The van der Waals surface area contributed by atoms with Gasteiger partial charge in [-0.2, -0.15) is 0 Å². The van der Waals surface area contributed by atoms with Crippen LogP contribution in [0.25, 0.3) is 0 Å². The Bertz CT molecular complexity index is 1330. The average molecular weight is 468 g/mol. The van der Waals surface area contributed by atoms with Crippen molar-refractivity contribution in [2.45, 2.75) is 17.9 Å². The largest absolute Gasteiger partial charge is 0.502 e. The summed E-state index contributed by atoms with van der Waals surface area (Å²) in [5, 5.41) is 11.2. The average Bonchev–Trinajstić information content (AvgIpc) is 3.06. The molecule has 4 rings (SSSR count). The number of amides is 1. The molecule has 6 nitrogen and oxygen atoms in total. The normalized spacial score (nSPS) is 16.5. The van der Waals surface area contributed by atoms with Crippen molar-refractivity contribution >= 4 is 38.8 Å². The zero-order chi connectivity index (χ0) is 23.0. The molecule has 0 fully saturated rings. The summed E-state index contributed by atoms with van der Waals surface area (Å²) in [6.45, 7) is 1.42. The Morgan fingerprint density at radius 1 is 0.938 bits per heavy atom. The SMILES string of the molecule is CC(=O)c1ccc(N2C(=O)C(O)=C(S(=O)(=O)c3ccccc3)[C@@H]2c2ccc(Cl)cc2)cc1. The summed E-state index contributed by atoms with van der Waals surface area (Å²) in [5.74, 6) is -1.84. The fraction of sp³-hybridized carbons (Fsp3) is 0.0833. The van der Waals surface area contributed by atoms with Gasteiger partial charge in [0.1, 0.15) is 10.9 Å². The Balaban J connectivity index is 1.91. The van der Waals surface area contributed by atoms with Gasteiger partial charge in [0.05, 0.1) is 4.90 Å². The Kier molecular flexibility index (Phi) is 5.62. The second kappa shape index (κ2) is 8.26. The lowest BCUT2D eigenvalue weighted by Gasteiger charge is -2.27. The Morgan fingerprint density at radius 3 is 2.09 bits per heavy atom. The first-order valence-corrected chi connectivity index (χ1v) is 11.5. The Labute approximate surface area is 190 Å². The van der Waals surface area contributed by atoms with E-state index in [1.165, 1.54) is 24.0 Å². The van der Waals surface area contributed by atoms with Crippen LogP contribution in [0.1, 0.15) is 28.9 Å². The van der Waals surface area contributed by atoms with Crippen molar-refractivity contribution in [3.05, 3.63) is 106 Å². The molecular weight excluding hydrogens is 450 g/mol. The standard InChI is InChI=1S/C24H18ClNO5S/c1-15(27)16-9-13-19(14-10-16)26-21(17-7-11-18(25)12-8-17)23(22(28)24(26)29)32(30,31)20-5-3-2-4-6-20/h2-14,21,28H,1H3/t21-/m0/s1. The van der Waals surface area contributed by atoms with Gasteiger partial charge in [0.15, 0.2) is 11.5 Å². The van der Waals surface area contributed by atoms with Gasteiger partial charge in [0.2, 0.25) is 9.84 Å². The van der Waals surface area contributed by atoms with Crippen LogP contribution in [0.15, 0.2) is 94.4 Å². The number of hydrogen-bond donors (Lipinski definition) is 1. The lowest BCUT2D eigenvalue weighted by Crippen LogP contribution is -2.31. The highest BCUT2D eigenvalue weighted by molar-refractivity contribution is 7.95. The minimum atomic E-state index is -4.21. The molecule has 32 heavy (non-hydrogen) atoms. The first-order chi connectivity index (χ1) is 15.2. The van der Waals surface area contributed by atoms with Gasteiger partial charge in [-0.15, -0.1) is 0 Å². The second-order valence-corrected chi connectivity index (χ2v) is 9.62. The van der Waals surface area contributed by atoms with Gasteiger partial charge in [-0.25, -0.2) is 8.42 Å². The predicted octanol–water partition coefficient (Wildman–Crippen LogP) is 4.87. The van der Waals surface area contributed by atoms with Crippen LogP contribution in [-0.4, -0.2) is 25.2 Å². The molecule has 3 aromatic carbocycles. The molecule has 0 spiro atoms. The summed E-state index contributed by atoms with van der Waals surface area (Å²) >= 11 is 6.01. The molecule has 1 N–H and O–H groups in total. The third kappa shape index (κ3) is 3.70. The number of anilines is 1. The van der Waals surface area contributed by atoms with E-state index >= 15 is 0 Å². The van der Waals surface area contributed by atoms with Crippen LogP contribution in [-0.2, 0) is 14.6 Å². The minimum Gasteiger partial charge on any atom is -0.502 e. The molecule has 1 amide bonds. The van der Waals surface area contributed by atoms with Gasteiger partial charge in [-0.1, -0.05) is 41.9 Å². The number of rotatable bonds is 5. The molecule has 1 aliphatic heterocycles.